The number of rotatable bonds is 5. The summed E-state index contributed by atoms with van der Waals surface area (Å²) >= 11 is 0. The summed E-state index contributed by atoms with van der Waals surface area (Å²) in [5.74, 6) is 0. The van der Waals surface area contributed by atoms with Crippen LogP contribution in [0.25, 0.3) is 0 Å². The molecular formula is C23H28N3O6P. The van der Waals surface area contributed by atoms with E-state index in [9.17, 15) is 9.59 Å². The van der Waals surface area contributed by atoms with Gasteiger partial charge < -0.3 is 18.5 Å². The van der Waals surface area contributed by atoms with Gasteiger partial charge in [-0.1, -0.05) is 37.3 Å². The number of aryl methyl sites for hydroxylation is 1. The lowest BCUT2D eigenvalue weighted by Crippen LogP contribution is -2.42. The minimum atomic E-state index is -1.29. The van der Waals surface area contributed by atoms with Gasteiger partial charge in [-0.05, 0) is 31.7 Å². The van der Waals surface area contributed by atoms with E-state index in [0.717, 1.165) is 19.4 Å². The number of benzene rings is 1. The average Bonchev–Trinajstić information content (AvgIpc) is 3.58. The van der Waals surface area contributed by atoms with Crippen molar-refractivity contribution in [2.45, 2.75) is 69.3 Å². The first kappa shape index (κ1) is 21.6. The van der Waals surface area contributed by atoms with Crippen LogP contribution in [0.4, 0.5) is 0 Å². The fraction of sp³-hybridized carbons (Fsp3) is 0.565. The molecule has 6 rings (SSSR count). The highest BCUT2D eigenvalue weighted by atomic mass is 31.2. The number of nitrogens with zero attached hydrogens (tertiary/aromatic N) is 2. The van der Waals surface area contributed by atoms with Crippen molar-refractivity contribution < 1.29 is 18.5 Å². The molecule has 7 atom stereocenters. The van der Waals surface area contributed by atoms with E-state index in [4.69, 9.17) is 18.5 Å². The Kier molecular flexibility index (Phi) is 5.32. The minimum Gasteiger partial charge on any atom is -0.368 e. The number of H-pyrrole nitrogens is 1. The summed E-state index contributed by atoms with van der Waals surface area (Å²) < 4.78 is 29.6. The van der Waals surface area contributed by atoms with E-state index < -0.39 is 37.7 Å². The monoisotopic (exact) mass is 473 g/mol. The molecule has 4 saturated heterocycles. The third-order valence-electron chi connectivity index (χ3n) is 7.36. The van der Waals surface area contributed by atoms with Gasteiger partial charge in [0.1, 0.15) is 23.9 Å². The topological polar surface area (TPSA) is 95.0 Å². The molecule has 0 aliphatic carbocycles. The molecule has 10 heteroatoms. The lowest BCUT2D eigenvalue weighted by atomic mass is 9.96. The molecule has 2 aromatic rings. The van der Waals surface area contributed by atoms with Crippen LogP contribution in [0.5, 0.6) is 0 Å². The molecule has 9 nitrogen and oxygen atoms in total. The Hall–Kier alpha value is -1.87. The Labute approximate surface area is 192 Å². The lowest BCUT2D eigenvalue weighted by molar-refractivity contribution is -0.175. The fourth-order valence-electron chi connectivity index (χ4n) is 5.50. The number of aromatic amines is 1. The van der Waals surface area contributed by atoms with Crippen LogP contribution in [0, 0.1) is 6.92 Å². The summed E-state index contributed by atoms with van der Waals surface area (Å²) in [6, 6.07) is 10.6. The molecule has 0 spiro atoms. The third kappa shape index (κ3) is 3.37. The second-order valence-corrected chi connectivity index (χ2v) is 10.7. The van der Waals surface area contributed by atoms with Gasteiger partial charge in [0.2, 0.25) is 0 Å². The zero-order valence-electron chi connectivity index (χ0n) is 18.7. The first-order valence-corrected chi connectivity index (χ1v) is 12.7. The molecule has 1 N–H and O–H groups in total. The first-order valence-electron chi connectivity index (χ1n) is 11.6. The maximum atomic E-state index is 12.6. The second-order valence-electron chi connectivity index (χ2n) is 9.25. The second kappa shape index (κ2) is 8.12. The Morgan fingerprint density at radius 1 is 1.27 bits per heavy atom. The fourth-order valence-corrected chi connectivity index (χ4v) is 7.54. The summed E-state index contributed by atoms with van der Waals surface area (Å²) in [6.07, 6.45) is 2.91. The molecule has 33 heavy (non-hydrogen) atoms. The van der Waals surface area contributed by atoms with Gasteiger partial charge in [0.15, 0.2) is 6.23 Å². The number of aromatic nitrogens is 2. The van der Waals surface area contributed by atoms with Crippen molar-refractivity contribution in [3.8, 4) is 0 Å². The molecule has 1 aromatic heterocycles. The number of fused-ring (bicyclic) bond motifs is 3. The SMILES string of the molecule is CC[C@]12CO[C@@H](C1O[P@@]1O[C@H](c3ccccc3)[C@@H]3CCCN31)[C@H](n1cc(C)c(=O)[nH]c1=O)O2. The van der Waals surface area contributed by atoms with Crippen molar-refractivity contribution in [2.24, 2.45) is 0 Å². The largest absolute Gasteiger partial charge is 0.368 e. The molecule has 4 aliphatic rings. The normalized spacial score (nSPS) is 37.6. The highest BCUT2D eigenvalue weighted by Gasteiger charge is 2.64. The molecule has 1 unspecified atom stereocenters. The van der Waals surface area contributed by atoms with Gasteiger partial charge in [-0.3, -0.25) is 14.3 Å². The van der Waals surface area contributed by atoms with Crippen molar-refractivity contribution in [2.75, 3.05) is 13.2 Å². The maximum Gasteiger partial charge on any atom is 0.330 e. The molecule has 0 saturated carbocycles. The lowest BCUT2D eigenvalue weighted by Gasteiger charge is -2.31. The standard InChI is InChI=1S/C23H28N3O6P/c1-3-23-13-29-18(21(30-23)25-12-14(2)20(27)24-22(25)28)19(23)32-33-26-11-7-10-16(26)17(31-33)15-8-5-4-6-9-15/h4-6,8-9,12,16-19,21H,3,7,10-11,13H2,1-2H3,(H,24,27,28)/t16-,17+,18-,19?,21+,23-,33+/m0/s1. The van der Waals surface area contributed by atoms with Crippen molar-refractivity contribution in [1.29, 1.82) is 0 Å². The van der Waals surface area contributed by atoms with Gasteiger partial charge in [-0.15, -0.1) is 0 Å². The van der Waals surface area contributed by atoms with E-state index in [1.165, 1.54) is 16.3 Å². The molecule has 4 fully saturated rings. The zero-order valence-corrected chi connectivity index (χ0v) is 19.6. The van der Waals surface area contributed by atoms with E-state index in [1.54, 1.807) is 6.92 Å². The summed E-state index contributed by atoms with van der Waals surface area (Å²) in [7, 11) is -1.29. The smallest absolute Gasteiger partial charge is 0.330 e. The first-order chi connectivity index (χ1) is 16.0. The van der Waals surface area contributed by atoms with E-state index in [0.29, 0.717) is 24.6 Å². The molecule has 4 aliphatic heterocycles. The van der Waals surface area contributed by atoms with Crippen LogP contribution in [-0.4, -0.2) is 51.2 Å². The van der Waals surface area contributed by atoms with Crippen molar-refractivity contribution in [1.82, 2.24) is 14.2 Å². The van der Waals surface area contributed by atoms with Crippen LogP contribution in [0.2, 0.25) is 0 Å². The predicted molar refractivity (Wildman–Crippen MR) is 121 cm³/mol. The number of hydrogen-bond donors (Lipinski definition) is 1. The molecule has 5 heterocycles. The van der Waals surface area contributed by atoms with E-state index in [2.05, 4.69) is 21.8 Å². The van der Waals surface area contributed by atoms with Crippen molar-refractivity contribution in [3.63, 3.8) is 0 Å². The van der Waals surface area contributed by atoms with Gasteiger partial charge in [0, 0.05) is 24.3 Å². The Bertz CT molecular complexity index is 1150. The Morgan fingerprint density at radius 2 is 2.09 bits per heavy atom. The quantitative estimate of drug-likeness (QED) is 0.668. The molecule has 1 aromatic carbocycles. The summed E-state index contributed by atoms with van der Waals surface area (Å²) in [6.45, 7) is 5.06. The summed E-state index contributed by atoms with van der Waals surface area (Å²) in [4.78, 5) is 26.8. The molecule has 2 bridgehead atoms. The van der Waals surface area contributed by atoms with Crippen LogP contribution in [0.1, 0.15) is 49.6 Å². The minimum absolute atomic E-state index is 0.0152. The Morgan fingerprint density at radius 3 is 2.88 bits per heavy atom. The van der Waals surface area contributed by atoms with Gasteiger partial charge in [-0.25, -0.2) is 9.46 Å². The molecule has 0 radical (unpaired) electrons. The summed E-state index contributed by atoms with van der Waals surface area (Å²) in [5, 5.41) is 0. The van der Waals surface area contributed by atoms with Crippen molar-refractivity contribution >= 4 is 8.53 Å². The van der Waals surface area contributed by atoms with Crippen LogP contribution < -0.4 is 11.2 Å². The number of ether oxygens (including phenoxy) is 2. The number of nitrogens with one attached hydrogen (secondary N) is 1. The van der Waals surface area contributed by atoms with E-state index >= 15 is 0 Å². The van der Waals surface area contributed by atoms with E-state index in [1.807, 2.05) is 25.1 Å². The van der Waals surface area contributed by atoms with Crippen molar-refractivity contribution in [3.05, 3.63) is 68.5 Å². The average molecular weight is 473 g/mol. The molecule has 0 amide bonds. The highest BCUT2D eigenvalue weighted by molar-refractivity contribution is 7.45. The van der Waals surface area contributed by atoms with Crippen LogP contribution in [-0.2, 0) is 18.5 Å². The van der Waals surface area contributed by atoms with Crippen LogP contribution in [0.15, 0.2) is 46.1 Å². The van der Waals surface area contributed by atoms with Gasteiger partial charge in [-0.2, -0.15) is 0 Å². The Balaban J connectivity index is 1.29. The highest BCUT2D eigenvalue weighted by Crippen LogP contribution is 2.63. The van der Waals surface area contributed by atoms with Crippen LogP contribution in [0.3, 0.4) is 0 Å². The molecule has 176 valence electrons. The zero-order chi connectivity index (χ0) is 22.7. The third-order valence-corrected chi connectivity index (χ3v) is 9.09. The van der Waals surface area contributed by atoms with Crippen LogP contribution >= 0.6 is 8.53 Å². The van der Waals surface area contributed by atoms with Gasteiger partial charge in [0.05, 0.1) is 6.61 Å². The summed E-state index contributed by atoms with van der Waals surface area (Å²) in [5.41, 5.74) is 0.0442. The molecular weight excluding hydrogens is 445 g/mol. The van der Waals surface area contributed by atoms with Gasteiger partial charge >= 0.3 is 5.69 Å². The van der Waals surface area contributed by atoms with E-state index in [-0.39, 0.29) is 12.2 Å². The number of hydrogen-bond acceptors (Lipinski definition) is 7. The van der Waals surface area contributed by atoms with Gasteiger partial charge in [0.25, 0.3) is 14.1 Å². The maximum absolute atomic E-state index is 12.6. The predicted octanol–water partition coefficient (Wildman–Crippen LogP) is 2.77.